The van der Waals surface area contributed by atoms with Crippen molar-refractivity contribution in [3.8, 4) is 0 Å². The zero-order valence-electron chi connectivity index (χ0n) is 12.0. The average Bonchev–Trinajstić information content (AvgIpc) is 3.21. The van der Waals surface area contributed by atoms with Crippen LogP contribution in [0.4, 0.5) is 11.6 Å². The van der Waals surface area contributed by atoms with E-state index in [4.69, 9.17) is 0 Å². The van der Waals surface area contributed by atoms with Crippen molar-refractivity contribution in [2.75, 3.05) is 17.7 Å². The van der Waals surface area contributed by atoms with Crippen LogP contribution in [0.5, 0.6) is 0 Å². The standard InChI is InChI=1S/C13H19N7/c1-8-11(14-2)17-13(9-4-5-9)18-12(8)15-6-10-19-16-7-20(10)3/h7,9H,4-6H2,1-3H3,(H2,14,15,17,18). The fourth-order valence-corrected chi connectivity index (χ4v) is 2.10. The number of hydrogen-bond donors (Lipinski definition) is 2. The fourth-order valence-electron chi connectivity index (χ4n) is 2.10. The molecular weight excluding hydrogens is 254 g/mol. The molecule has 1 saturated carbocycles. The summed E-state index contributed by atoms with van der Waals surface area (Å²) in [7, 11) is 3.82. The van der Waals surface area contributed by atoms with Gasteiger partial charge in [0.25, 0.3) is 0 Å². The Hall–Kier alpha value is -2.18. The van der Waals surface area contributed by atoms with Gasteiger partial charge < -0.3 is 15.2 Å². The van der Waals surface area contributed by atoms with Crippen LogP contribution in [0.1, 0.15) is 36.0 Å². The average molecular weight is 273 g/mol. The van der Waals surface area contributed by atoms with Gasteiger partial charge >= 0.3 is 0 Å². The van der Waals surface area contributed by atoms with E-state index in [0.29, 0.717) is 12.5 Å². The molecule has 2 aromatic heterocycles. The van der Waals surface area contributed by atoms with Crippen LogP contribution < -0.4 is 10.6 Å². The predicted molar refractivity (Wildman–Crippen MR) is 76.6 cm³/mol. The summed E-state index contributed by atoms with van der Waals surface area (Å²) in [4.78, 5) is 9.23. The number of hydrogen-bond acceptors (Lipinski definition) is 6. The van der Waals surface area contributed by atoms with E-state index in [1.807, 2.05) is 25.6 Å². The van der Waals surface area contributed by atoms with Crippen molar-refractivity contribution in [2.24, 2.45) is 7.05 Å². The number of aryl methyl sites for hydroxylation is 1. The maximum atomic E-state index is 4.65. The second-order valence-corrected chi connectivity index (χ2v) is 5.14. The van der Waals surface area contributed by atoms with Gasteiger partial charge in [-0.3, -0.25) is 0 Å². The molecule has 2 heterocycles. The summed E-state index contributed by atoms with van der Waals surface area (Å²) in [5.74, 6) is 4.09. The Morgan fingerprint density at radius 2 is 2.05 bits per heavy atom. The molecular formula is C13H19N7. The largest absolute Gasteiger partial charge is 0.373 e. The molecule has 7 heteroatoms. The van der Waals surface area contributed by atoms with E-state index in [9.17, 15) is 0 Å². The van der Waals surface area contributed by atoms with E-state index in [2.05, 4.69) is 30.8 Å². The summed E-state index contributed by atoms with van der Waals surface area (Å²) in [6, 6.07) is 0. The van der Waals surface area contributed by atoms with Crippen LogP contribution in [-0.4, -0.2) is 31.8 Å². The Morgan fingerprint density at radius 3 is 2.65 bits per heavy atom. The van der Waals surface area contributed by atoms with Gasteiger partial charge in [-0.15, -0.1) is 10.2 Å². The monoisotopic (exact) mass is 273 g/mol. The molecule has 0 radical (unpaired) electrons. The molecule has 3 rings (SSSR count). The highest BCUT2D eigenvalue weighted by Crippen LogP contribution is 2.39. The third-order valence-corrected chi connectivity index (χ3v) is 3.56. The second kappa shape index (κ2) is 5.07. The molecule has 0 aromatic carbocycles. The topological polar surface area (TPSA) is 80.6 Å². The fraction of sp³-hybridized carbons (Fsp3) is 0.538. The Morgan fingerprint density at radius 1 is 1.30 bits per heavy atom. The second-order valence-electron chi connectivity index (χ2n) is 5.14. The Labute approximate surface area is 117 Å². The van der Waals surface area contributed by atoms with Gasteiger partial charge in [0, 0.05) is 25.6 Å². The van der Waals surface area contributed by atoms with Gasteiger partial charge in [-0.05, 0) is 19.8 Å². The smallest absolute Gasteiger partial charge is 0.151 e. The highest BCUT2D eigenvalue weighted by atomic mass is 15.3. The molecule has 0 bridgehead atoms. The van der Waals surface area contributed by atoms with Crippen LogP contribution in [0.15, 0.2) is 6.33 Å². The molecule has 1 aliphatic rings. The third-order valence-electron chi connectivity index (χ3n) is 3.56. The van der Waals surface area contributed by atoms with E-state index < -0.39 is 0 Å². The highest BCUT2D eigenvalue weighted by molar-refractivity contribution is 5.57. The van der Waals surface area contributed by atoms with Crippen LogP contribution in [0.25, 0.3) is 0 Å². The van der Waals surface area contributed by atoms with E-state index in [1.54, 1.807) is 6.33 Å². The number of nitrogens with one attached hydrogen (secondary N) is 2. The molecule has 2 N–H and O–H groups in total. The van der Waals surface area contributed by atoms with Crippen molar-refractivity contribution in [1.82, 2.24) is 24.7 Å². The van der Waals surface area contributed by atoms with Gasteiger partial charge in [0.05, 0.1) is 6.54 Å². The molecule has 7 nitrogen and oxygen atoms in total. The maximum Gasteiger partial charge on any atom is 0.151 e. The van der Waals surface area contributed by atoms with Crippen molar-refractivity contribution < 1.29 is 0 Å². The summed E-state index contributed by atoms with van der Waals surface area (Å²) >= 11 is 0. The van der Waals surface area contributed by atoms with E-state index in [1.165, 1.54) is 12.8 Å². The molecule has 1 fully saturated rings. The minimum absolute atomic E-state index is 0.526. The summed E-state index contributed by atoms with van der Waals surface area (Å²) in [5, 5.41) is 14.4. The first-order chi connectivity index (χ1) is 9.69. The molecule has 0 unspecified atom stereocenters. The quantitative estimate of drug-likeness (QED) is 0.858. The van der Waals surface area contributed by atoms with Gasteiger partial charge in [0.2, 0.25) is 0 Å². The first-order valence-electron chi connectivity index (χ1n) is 6.82. The van der Waals surface area contributed by atoms with Crippen LogP contribution in [0.2, 0.25) is 0 Å². The highest BCUT2D eigenvalue weighted by Gasteiger charge is 2.28. The van der Waals surface area contributed by atoms with Crippen LogP contribution in [-0.2, 0) is 13.6 Å². The zero-order valence-corrected chi connectivity index (χ0v) is 12.0. The van der Waals surface area contributed by atoms with Crippen LogP contribution in [0.3, 0.4) is 0 Å². The van der Waals surface area contributed by atoms with Gasteiger partial charge in [-0.25, -0.2) is 9.97 Å². The summed E-state index contributed by atoms with van der Waals surface area (Å²) < 4.78 is 1.89. The number of anilines is 2. The molecule has 106 valence electrons. The third kappa shape index (κ3) is 2.43. The Bertz CT molecular complexity index is 615. The lowest BCUT2D eigenvalue weighted by atomic mass is 10.2. The summed E-state index contributed by atoms with van der Waals surface area (Å²) in [6.07, 6.45) is 4.07. The van der Waals surface area contributed by atoms with E-state index in [-0.39, 0.29) is 0 Å². The first kappa shape index (κ1) is 12.8. The van der Waals surface area contributed by atoms with Crippen molar-refractivity contribution in [1.29, 1.82) is 0 Å². The van der Waals surface area contributed by atoms with Gasteiger partial charge in [-0.2, -0.15) is 0 Å². The lowest BCUT2D eigenvalue weighted by Crippen LogP contribution is -2.11. The molecule has 2 aromatic rings. The minimum atomic E-state index is 0.526. The molecule has 0 saturated heterocycles. The zero-order chi connectivity index (χ0) is 14.1. The summed E-state index contributed by atoms with van der Waals surface area (Å²) in [5.41, 5.74) is 1.03. The van der Waals surface area contributed by atoms with Crippen molar-refractivity contribution in [3.63, 3.8) is 0 Å². The van der Waals surface area contributed by atoms with E-state index >= 15 is 0 Å². The molecule has 0 amide bonds. The SMILES string of the molecule is CNc1nc(C2CC2)nc(NCc2nncn2C)c1C. The summed E-state index contributed by atoms with van der Waals surface area (Å²) in [6.45, 7) is 2.61. The van der Waals surface area contributed by atoms with Gasteiger partial charge in [-0.1, -0.05) is 0 Å². The van der Waals surface area contributed by atoms with E-state index in [0.717, 1.165) is 28.8 Å². The number of rotatable bonds is 5. The lowest BCUT2D eigenvalue weighted by molar-refractivity contribution is 0.806. The van der Waals surface area contributed by atoms with Crippen molar-refractivity contribution >= 4 is 11.6 Å². The Kier molecular flexibility index (Phi) is 3.25. The molecule has 20 heavy (non-hydrogen) atoms. The molecule has 1 aliphatic carbocycles. The predicted octanol–water partition coefficient (Wildman–Crippen LogP) is 1.44. The van der Waals surface area contributed by atoms with Gasteiger partial charge in [0.15, 0.2) is 5.82 Å². The first-order valence-corrected chi connectivity index (χ1v) is 6.82. The van der Waals surface area contributed by atoms with Crippen molar-refractivity contribution in [2.45, 2.75) is 32.2 Å². The molecule has 0 atom stereocenters. The maximum absolute atomic E-state index is 4.65. The Balaban J connectivity index is 1.84. The van der Waals surface area contributed by atoms with Crippen LogP contribution >= 0.6 is 0 Å². The normalized spacial score (nSPS) is 14.3. The number of nitrogens with zero attached hydrogens (tertiary/aromatic N) is 5. The van der Waals surface area contributed by atoms with Gasteiger partial charge in [0.1, 0.15) is 23.8 Å². The minimum Gasteiger partial charge on any atom is -0.373 e. The molecule has 0 spiro atoms. The molecule has 0 aliphatic heterocycles. The van der Waals surface area contributed by atoms with Crippen LogP contribution in [0, 0.1) is 6.92 Å². The lowest BCUT2D eigenvalue weighted by Gasteiger charge is -2.13. The van der Waals surface area contributed by atoms with Crippen molar-refractivity contribution in [3.05, 3.63) is 23.5 Å². The number of aromatic nitrogens is 5.